The molecule has 2 heterocycles. The van der Waals surface area contributed by atoms with Crippen LogP contribution in [0.5, 0.6) is 0 Å². The third-order valence-electron chi connectivity index (χ3n) is 3.19. The molecular formula is C14H12ClFN4OS. The lowest BCUT2D eigenvalue weighted by atomic mass is 10.1. The summed E-state index contributed by atoms with van der Waals surface area (Å²) >= 11 is 7.35. The predicted octanol–water partition coefficient (Wildman–Crippen LogP) is 3.00. The molecule has 22 heavy (non-hydrogen) atoms. The van der Waals surface area contributed by atoms with E-state index in [4.69, 9.17) is 11.6 Å². The van der Waals surface area contributed by atoms with Gasteiger partial charge < -0.3 is 5.32 Å². The Bertz CT molecular complexity index is 803. The minimum Gasteiger partial charge on any atom is -0.348 e. The molecule has 0 radical (unpaired) electrons. The summed E-state index contributed by atoms with van der Waals surface area (Å²) in [5.74, 6) is -0.626. The van der Waals surface area contributed by atoms with Crippen molar-refractivity contribution in [3.05, 3.63) is 52.0 Å². The zero-order valence-corrected chi connectivity index (χ0v) is 13.2. The number of rotatable bonds is 4. The van der Waals surface area contributed by atoms with Gasteiger partial charge in [0.15, 0.2) is 0 Å². The number of halogens is 2. The molecule has 1 aromatic carbocycles. The zero-order valence-electron chi connectivity index (χ0n) is 11.6. The summed E-state index contributed by atoms with van der Waals surface area (Å²) in [6.07, 6.45) is 1.87. The SMILES string of the molecule is C[C@H](NC(=O)Cc1ccc(F)cc1Cl)c1cn2ncsc2n1. The Morgan fingerprint density at radius 3 is 3.09 bits per heavy atom. The fraction of sp³-hybridized carbons (Fsp3) is 0.214. The second-order valence-electron chi connectivity index (χ2n) is 4.83. The maximum Gasteiger partial charge on any atom is 0.224 e. The van der Waals surface area contributed by atoms with Crippen molar-refractivity contribution < 1.29 is 9.18 Å². The Hall–Kier alpha value is -1.99. The second-order valence-corrected chi connectivity index (χ2v) is 6.05. The fourth-order valence-electron chi connectivity index (χ4n) is 2.07. The van der Waals surface area contributed by atoms with Crippen molar-refractivity contribution in [2.24, 2.45) is 0 Å². The molecule has 0 aliphatic heterocycles. The van der Waals surface area contributed by atoms with Crippen molar-refractivity contribution in [2.75, 3.05) is 0 Å². The molecular weight excluding hydrogens is 327 g/mol. The molecule has 1 N–H and O–H groups in total. The van der Waals surface area contributed by atoms with Crippen molar-refractivity contribution in [3.63, 3.8) is 0 Å². The summed E-state index contributed by atoms with van der Waals surface area (Å²) in [6, 6.07) is 3.74. The highest BCUT2D eigenvalue weighted by Gasteiger charge is 2.15. The smallest absolute Gasteiger partial charge is 0.224 e. The molecule has 0 saturated carbocycles. The third-order valence-corrected chi connectivity index (χ3v) is 4.23. The molecule has 1 amide bonds. The topological polar surface area (TPSA) is 59.3 Å². The standard InChI is InChI=1S/C14H12ClFN4OS/c1-8(12-6-20-14(19-12)22-7-17-20)18-13(21)4-9-2-3-10(16)5-11(9)15/h2-3,5-8H,4H2,1H3,(H,18,21)/t8-/m0/s1. The van der Waals surface area contributed by atoms with Gasteiger partial charge in [0.2, 0.25) is 10.9 Å². The highest BCUT2D eigenvalue weighted by Crippen LogP contribution is 2.19. The van der Waals surface area contributed by atoms with E-state index in [1.807, 2.05) is 6.92 Å². The summed E-state index contributed by atoms with van der Waals surface area (Å²) in [7, 11) is 0. The molecule has 8 heteroatoms. The van der Waals surface area contributed by atoms with Crippen LogP contribution in [-0.2, 0) is 11.2 Å². The Morgan fingerprint density at radius 1 is 1.55 bits per heavy atom. The quantitative estimate of drug-likeness (QED) is 0.795. The largest absolute Gasteiger partial charge is 0.348 e. The maximum atomic E-state index is 13.0. The molecule has 2 aromatic heterocycles. The summed E-state index contributed by atoms with van der Waals surface area (Å²) in [6.45, 7) is 1.84. The van der Waals surface area contributed by atoms with Gasteiger partial charge in [-0.3, -0.25) is 4.79 Å². The third kappa shape index (κ3) is 3.10. The van der Waals surface area contributed by atoms with E-state index in [1.54, 1.807) is 16.2 Å². The number of nitrogens with one attached hydrogen (secondary N) is 1. The van der Waals surface area contributed by atoms with Crippen LogP contribution in [0.1, 0.15) is 24.2 Å². The minimum absolute atomic E-state index is 0.0872. The van der Waals surface area contributed by atoms with Crippen LogP contribution >= 0.6 is 22.9 Å². The highest BCUT2D eigenvalue weighted by molar-refractivity contribution is 7.14. The van der Waals surface area contributed by atoms with Crippen LogP contribution < -0.4 is 5.32 Å². The number of benzene rings is 1. The van der Waals surface area contributed by atoms with Gasteiger partial charge in [-0.25, -0.2) is 13.9 Å². The molecule has 0 bridgehead atoms. The average Bonchev–Trinajstić information content (AvgIpc) is 3.02. The first-order chi connectivity index (χ1) is 10.5. The van der Waals surface area contributed by atoms with E-state index in [-0.39, 0.29) is 23.4 Å². The normalized spacial score (nSPS) is 12.5. The van der Waals surface area contributed by atoms with Crippen LogP contribution in [0.25, 0.3) is 4.96 Å². The predicted molar refractivity (Wildman–Crippen MR) is 82.5 cm³/mol. The number of imidazole rings is 1. The lowest BCUT2D eigenvalue weighted by Gasteiger charge is -2.12. The van der Waals surface area contributed by atoms with E-state index >= 15 is 0 Å². The monoisotopic (exact) mass is 338 g/mol. The number of carbonyl (C=O) groups excluding carboxylic acids is 1. The molecule has 0 spiro atoms. The molecule has 0 aliphatic rings. The van der Waals surface area contributed by atoms with Gasteiger partial charge >= 0.3 is 0 Å². The number of carbonyl (C=O) groups is 1. The summed E-state index contributed by atoms with van der Waals surface area (Å²) < 4.78 is 14.7. The van der Waals surface area contributed by atoms with Gasteiger partial charge in [0.1, 0.15) is 11.3 Å². The molecule has 114 valence electrons. The van der Waals surface area contributed by atoms with Crippen molar-refractivity contribution in [3.8, 4) is 0 Å². The van der Waals surface area contributed by atoms with Crippen LogP contribution in [0.4, 0.5) is 4.39 Å². The molecule has 0 aliphatic carbocycles. The van der Waals surface area contributed by atoms with E-state index in [2.05, 4.69) is 15.4 Å². The first kappa shape index (κ1) is 14.9. The van der Waals surface area contributed by atoms with Crippen LogP contribution in [0.15, 0.2) is 29.9 Å². The molecule has 0 saturated heterocycles. The van der Waals surface area contributed by atoms with Gasteiger partial charge in [-0.05, 0) is 24.6 Å². The van der Waals surface area contributed by atoms with Gasteiger partial charge in [0.05, 0.1) is 24.4 Å². The lowest BCUT2D eigenvalue weighted by molar-refractivity contribution is -0.121. The van der Waals surface area contributed by atoms with E-state index in [0.29, 0.717) is 5.56 Å². The molecule has 3 aromatic rings. The lowest BCUT2D eigenvalue weighted by Crippen LogP contribution is -2.28. The number of hydrogen-bond donors (Lipinski definition) is 1. The van der Waals surface area contributed by atoms with Gasteiger partial charge in [0, 0.05) is 5.02 Å². The van der Waals surface area contributed by atoms with Crippen LogP contribution in [0, 0.1) is 5.82 Å². The van der Waals surface area contributed by atoms with Crippen molar-refractivity contribution >= 4 is 33.8 Å². The summed E-state index contributed by atoms with van der Waals surface area (Å²) in [5, 5.41) is 7.19. The average molecular weight is 339 g/mol. The molecule has 0 fully saturated rings. The maximum absolute atomic E-state index is 13.0. The highest BCUT2D eigenvalue weighted by atomic mass is 35.5. The molecule has 1 atom stereocenters. The van der Waals surface area contributed by atoms with Gasteiger partial charge in [-0.15, -0.1) is 0 Å². The van der Waals surface area contributed by atoms with Crippen molar-refractivity contribution in [1.29, 1.82) is 0 Å². The Kier molecular flexibility index (Phi) is 4.08. The fourth-order valence-corrected chi connectivity index (χ4v) is 2.91. The van der Waals surface area contributed by atoms with E-state index in [0.717, 1.165) is 10.7 Å². The van der Waals surface area contributed by atoms with Crippen LogP contribution in [0.3, 0.4) is 0 Å². The molecule has 5 nitrogen and oxygen atoms in total. The zero-order chi connectivity index (χ0) is 15.7. The Labute approximate surface area is 134 Å². The van der Waals surface area contributed by atoms with Crippen LogP contribution in [-0.4, -0.2) is 20.5 Å². The van der Waals surface area contributed by atoms with E-state index in [1.165, 1.54) is 29.5 Å². The summed E-state index contributed by atoms with van der Waals surface area (Å²) in [5.41, 5.74) is 3.02. The number of hydrogen-bond acceptors (Lipinski definition) is 4. The van der Waals surface area contributed by atoms with Gasteiger partial charge in [-0.2, -0.15) is 5.10 Å². The number of fused-ring (bicyclic) bond motifs is 1. The number of nitrogens with zero attached hydrogens (tertiary/aromatic N) is 3. The Morgan fingerprint density at radius 2 is 2.36 bits per heavy atom. The van der Waals surface area contributed by atoms with Gasteiger partial charge in [-0.1, -0.05) is 29.0 Å². The Balaban J connectivity index is 1.67. The van der Waals surface area contributed by atoms with Crippen molar-refractivity contribution in [2.45, 2.75) is 19.4 Å². The minimum atomic E-state index is -0.423. The first-order valence-corrected chi connectivity index (χ1v) is 7.81. The van der Waals surface area contributed by atoms with Gasteiger partial charge in [0.25, 0.3) is 0 Å². The van der Waals surface area contributed by atoms with Crippen LogP contribution in [0.2, 0.25) is 5.02 Å². The van der Waals surface area contributed by atoms with E-state index < -0.39 is 5.82 Å². The molecule has 0 unspecified atom stereocenters. The van der Waals surface area contributed by atoms with Crippen molar-refractivity contribution in [1.82, 2.24) is 19.9 Å². The van der Waals surface area contributed by atoms with E-state index in [9.17, 15) is 9.18 Å². The molecule has 3 rings (SSSR count). The second kappa shape index (κ2) is 6.02. The first-order valence-electron chi connectivity index (χ1n) is 6.55. The number of amides is 1. The summed E-state index contributed by atoms with van der Waals surface area (Å²) in [4.78, 5) is 17.2. The number of aromatic nitrogens is 3.